The quantitative estimate of drug-likeness (QED) is 0.0897. The molecule has 1 atom stereocenters. The van der Waals surface area contributed by atoms with Crippen LogP contribution in [0.2, 0.25) is 0 Å². The van der Waals surface area contributed by atoms with E-state index in [1.165, 1.54) is 39.2 Å². The van der Waals surface area contributed by atoms with Crippen molar-refractivity contribution in [2.24, 2.45) is 0 Å². The Morgan fingerprint density at radius 1 is 0.776 bits per heavy atom. The average Bonchev–Trinajstić information content (AvgIpc) is 3.55. The predicted octanol–water partition coefficient (Wildman–Crippen LogP) is 6.89. The predicted molar refractivity (Wildman–Crippen MR) is 188 cm³/mol. The molecule has 0 saturated carbocycles. The largest absolute Gasteiger partial charge is 0.496 e. The zero-order valence-electron chi connectivity index (χ0n) is 27.2. The molecule has 5 rings (SSSR count). The second kappa shape index (κ2) is 16.2. The minimum absolute atomic E-state index is 0.0401. The number of hydrogen-bond donors (Lipinski definition) is 3. The summed E-state index contributed by atoms with van der Waals surface area (Å²) in [5, 5.41) is 11.7. The number of ether oxygens (including phenoxy) is 3. The van der Waals surface area contributed by atoms with Crippen LogP contribution in [0.3, 0.4) is 0 Å². The molecule has 49 heavy (non-hydrogen) atoms. The van der Waals surface area contributed by atoms with Gasteiger partial charge in [0.2, 0.25) is 5.91 Å². The zero-order chi connectivity index (χ0) is 34.8. The highest BCUT2D eigenvalue weighted by Crippen LogP contribution is 2.37. The van der Waals surface area contributed by atoms with Gasteiger partial charge >= 0.3 is 0 Å². The first kappa shape index (κ1) is 34.3. The van der Waals surface area contributed by atoms with Crippen molar-refractivity contribution in [1.82, 2.24) is 10.5 Å². The maximum Gasteiger partial charge on any atom is 0.272 e. The van der Waals surface area contributed by atoms with Gasteiger partial charge in [-0.2, -0.15) is 0 Å². The van der Waals surface area contributed by atoms with Gasteiger partial charge < -0.3 is 34.7 Å². The Morgan fingerprint density at radius 3 is 2.02 bits per heavy atom. The summed E-state index contributed by atoms with van der Waals surface area (Å²) in [7, 11) is 4.49. The molecule has 0 aliphatic heterocycles. The lowest BCUT2D eigenvalue weighted by molar-refractivity contribution is -0.116. The number of nitrogens with zero attached hydrogens (tertiary/aromatic N) is 1. The lowest BCUT2D eigenvalue weighted by atomic mass is 10.1. The van der Waals surface area contributed by atoms with Crippen LogP contribution in [0.5, 0.6) is 17.2 Å². The molecule has 1 unspecified atom stereocenters. The third-order valence-electron chi connectivity index (χ3n) is 7.15. The molecule has 0 aliphatic rings. The van der Waals surface area contributed by atoms with Gasteiger partial charge in [-0.15, -0.1) is 11.8 Å². The summed E-state index contributed by atoms with van der Waals surface area (Å²) in [5.41, 5.74) is 2.07. The first-order valence-corrected chi connectivity index (χ1v) is 15.9. The van der Waals surface area contributed by atoms with Crippen molar-refractivity contribution in [3.8, 4) is 17.2 Å². The number of methoxy groups -OCH3 is 3. The van der Waals surface area contributed by atoms with E-state index in [-0.39, 0.29) is 11.6 Å². The summed E-state index contributed by atoms with van der Waals surface area (Å²) in [4.78, 5) is 41.0. The van der Waals surface area contributed by atoms with Crippen molar-refractivity contribution < 1.29 is 33.1 Å². The molecular weight excluding hydrogens is 644 g/mol. The first-order chi connectivity index (χ1) is 23.8. The van der Waals surface area contributed by atoms with Crippen LogP contribution in [-0.2, 0) is 9.59 Å². The van der Waals surface area contributed by atoms with Gasteiger partial charge in [-0.25, -0.2) is 0 Å². The number of aryl methyl sites for hydroxylation is 1. The highest BCUT2D eigenvalue weighted by atomic mass is 32.2. The fraction of sp³-hybridized carbons (Fsp3) is 0.135. The number of hydrogen-bond acceptors (Lipinski definition) is 9. The molecule has 0 saturated heterocycles. The molecular formula is C37H34N4O7S. The summed E-state index contributed by atoms with van der Waals surface area (Å²) >= 11 is 1.34. The van der Waals surface area contributed by atoms with Crippen LogP contribution in [0, 0.1) is 6.92 Å². The first-order valence-electron chi connectivity index (χ1n) is 15.0. The van der Waals surface area contributed by atoms with Gasteiger partial charge in [-0.3, -0.25) is 14.4 Å². The van der Waals surface area contributed by atoms with E-state index in [1.54, 1.807) is 79.7 Å². The highest BCUT2D eigenvalue weighted by Gasteiger charge is 2.24. The normalized spacial score (nSPS) is 11.6. The number of carbonyl (C=O) groups is 3. The molecule has 0 aliphatic carbocycles. The van der Waals surface area contributed by atoms with Crippen LogP contribution >= 0.6 is 11.8 Å². The Labute approximate surface area is 287 Å². The maximum atomic E-state index is 13.7. The SMILES string of the molecule is COc1cc(OC)c(OC)cc1/C=C(\NC(=O)c1ccccc1)C(=O)Nc1ccc(SC(C(=O)Nc2cc(C)on2)c2ccccc2)cc1. The van der Waals surface area contributed by atoms with Crippen molar-refractivity contribution in [1.29, 1.82) is 0 Å². The van der Waals surface area contributed by atoms with Crippen LogP contribution in [0.15, 0.2) is 118 Å². The fourth-order valence-electron chi connectivity index (χ4n) is 4.73. The van der Waals surface area contributed by atoms with Gasteiger partial charge in [-0.05, 0) is 61.0 Å². The molecule has 4 aromatic carbocycles. The topological polar surface area (TPSA) is 141 Å². The number of amides is 3. The Morgan fingerprint density at radius 2 is 1.41 bits per heavy atom. The molecule has 3 N–H and O–H groups in total. The van der Waals surface area contributed by atoms with E-state index in [9.17, 15) is 14.4 Å². The minimum Gasteiger partial charge on any atom is -0.496 e. The molecule has 0 spiro atoms. The number of nitrogens with one attached hydrogen (secondary N) is 3. The molecule has 1 heterocycles. The van der Waals surface area contributed by atoms with E-state index in [0.29, 0.717) is 45.6 Å². The molecule has 1 aromatic heterocycles. The van der Waals surface area contributed by atoms with Crippen molar-refractivity contribution >= 4 is 47.1 Å². The second-order valence-corrected chi connectivity index (χ2v) is 11.7. The van der Waals surface area contributed by atoms with Crippen molar-refractivity contribution in [3.63, 3.8) is 0 Å². The van der Waals surface area contributed by atoms with Gasteiger partial charge in [0.05, 0.1) is 21.3 Å². The third-order valence-corrected chi connectivity index (χ3v) is 8.42. The summed E-state index contributed by atoms with van der Waals surface area (Å²) in [6.07, 6.45) is 1.50. The molecule has 0 fully saturated rings. The number of thioether (sulfide) groups is 1. The number of rotatable bonds is 13. The van der Waals surface area contributed by atoms with E-state index >= 15 is 0 Å². The molecule has 3 amide bonds. The van der Waals surface area contributed by atoms with E-state index < -0.39 is 17.1 Å². The van der Waals surface area contributed by atoms with Crippen molar-refractivity contribution in [3.05, 3.63) is 131 Å². The molecule has 5 aromatic rings. The summed E-state index contributed by atoms with van der Waals surface area (Å²) < 4.78 is 21.5. The number of carbonyl (C=O) groups excluding carboxylic acids is 3. The fourth-order valence-corrected chi connectivity index (χ4v) is 5.76. The zero-order valence-corrected chi connectivity index (χ0v) is 28.0. The molecule has 0 radical (unpaired) electrons. The highest BCUT2D eigenvalue weighted by molar-refractivity contribution is 8.00. The van der Waals surface area contributed by atoms with Crippen LogP contribution < -0.4 is 30.2 Å². The number of benzene rings is 4. The van der Waals surface area contributed by atoms with E-state index in [2.05, 4.69) is 21.1 Å². The minimum atomic E-state index is -0.599. The maximum absolute atomic E-state index is 13.7. The van der Waals surface area contributed by atoms with Crippen LogP contribution in [-0.4, -0.2) is 44.2 Å². The van der Waals surface area contributed by atoms with Gasteiger partial charge in [0.15, 0.2) is 17.3 Å². The number of aromatic nitrogens is 1. The smallest absolute Gasteiger partial charge is 0.272 e. The molecule has 11 nitrogen and oxygen atoms in total. The van der Waals surface area contributed by atoms with Crippen LogP contribution in [0.25, 0.3) is 6.08 Å². The van der Waals surface area contributed by atoms with Crippen LogP contribution in [0.1, 0.15) is 32.5 Å². The third kappa shape index (κ3) is 8.87. The van der Waals surface area contributed by atoms with E-state index in [1.807, 2.05) is 30.3 Å². The Balaban J connectivity index is 1.38. The Kier molecular flexibility index (Phi) is 11.4. The van der Waals surface area contributed by atoms with Gasteiger partial charge in [0.1, 0.15) is 22.5 Å². The Bertz CT molecular complexity index is 1950. The molecule has 0 bridgehead atoms. The lowest BCUT2D eigenvalue weighted by Crippen LogP contribution is -2.30. The Hall–Kier alpha value is -6.01. The molecule has 12 heteroatoms. The van der Waals surface area contributed by atoms with E-state index in [4.69, 9.17) is 18.7 Å². The number of anilines is 2. The van der Waals surface area contributed by atoms with Crippen LogP contribution in [0.4, 0.5) is 11.5 Å². The average molecular weight is 679 g/mol. The van der Waals surface area contributed by atoms with Gasteiger partial charge in [-0.1, -0.05) is 53.7 Å². The van der Waals surface area contributed by atoms with Gasteiger partial charge in [0, 0.05) is 33.8 Å². The van der Waals surface area contributed by atoms with Crippen molar-refractivity contribution in [2.45, 2.75) is 17.1 Å². The second-order valence-electron chi connectivity index (χ2n) is 10.5. The van der Waals surface area contributed by atoms with Crippen molar-refractivity contribution in [2.75, 3.05) is 32.0 Å². The standard InChI is InChI=1S/C37H34N4O7S/c1-23-19-33(41-48-23)40-37(44)34(24-11-7-5-8-12-24)49-28-17-15-27(16-18-28)38-36(43)29(39-35(42)25-13-9-6-10-14-25)20-26-21-31(46-3)32(47-4)22-30(26)45-2/h5-22,34H,1-4H3,(H,38,43)(H,39,42)(H,40,41,44)/b29-20-. The summed E-state index contributed by atoms with van der Waals surface area (Å²) in [6, 6.07) is 29.9. The summed E-state index contributed by atoms with van der Waals surface area (Å²) in [6.45, 7) is 1.75. The van der Waals surface area contributed by atoms with Gasteiger partial charge in [0.25, 0.3) is 11.8 Å². The summed E-state index contributed by atoms with van der Waals surface area (Å²) in [5.74, 6) is 0.841. The lowest BCUT2D eigenvalue weighted by Gasteiger charge is -2.17. The molecule has 250 valence electrons. The monoisotopic (exact) mass is 678 g/mol. The van der Waals surface area contributed by atoms with E-state index in [0.717, 1.165) is 10.5 Å².